The van der Waals surface area contributed by atoms with Crippen LogP contribution < -0.4 is 10.5 Å². The molecule has 2 aromatic rings. The third kappa shape index (κ3) is 2.96. The van der Waals surface area contributed by atoms with Gasteiger partial charge in [0.1, 0.15) is 5.75 Å². The third-order valence-electron chi connectivity index (χ3n) is 2.00. The zero-order chi connectivity index (χ0) is 13.2. The largest absolute Gasteiger partial charge is 0.452 e. The minimum absolute atomic E-state index is 0.156. The van der Waals surface area contributed by atoms with Crippen molar-refractivity contribution in [1.82, 2.24) is 9.36 Å². The normalized spacial score (nSPS) is 11.6. The average Bonchev–Trinajstić information content (AvgIpc) is 2.77. The zero-order valence-corrected chi connectivity index (χ0v) is 9.76. The van der Waals surface area contributed by atoms with Crippen LogP contribution in [0.4, 0.5) is 13.2 Å². The first-order valence-corrected chi connectivity index (χ1v) is 5.64. The van der Waals surface area contributed by atoms with Crippen molar-refractivity contribution in [1.29, 1.82) is 0 Å². The molecule has 2 rings (SSSR count). The van der Waals surface area contributed by atoms with Gasteiger partial charge in [0.2, 0.25) is 0 Å². The third-order valence-corrected chi connectivity index (χ3v) is 2.60. The molecule has 0 unspecified atom stereocenters. The van der Waals surface area contributed by atoms with Crippen LogP contribution in [0.15, 0.2) is 24.3 Å². The number of nitrogens with zero attached hydrogens (tertiary/aromatic N) is 2. The summed E-state index contributed by atoms with van der Waals surface area (Å²) in [4.78, 5) is 3.26. The summed E-state index contributed by atoms with van der Waals surface area (Å²) in [6.45, 7) is 0.321. The first-order chi connectivity index (χ1) is 8.49. The molecule has 0 fully saturated rings. The maximum atomic E-state index is 12.3. The van der Waals surface area contributed by atoms with Gasteiger partial charge in [-0.2, -0.15) is 22.5 Å². The minimum atomic E-state index is -4.56. The molecule has 1 heterocycles. The number of halogens is 3. The van der Waals surface area contributed by atoms with Crippen LogP contribution in [0, 0.1) is 0 Å². The lowest BCUT2D eigenvalue weighted by Gasteiger charge is -2.03. The van der Waals surface area contributed by atoms with E-state index in [2.05, 4.69) is 9.36 Å². The standard InChI is InChI=1S/C10H8F3N3OS/c11-10(12,13)8-15-9(18-16-8)17-7-3-1-2-6(4-7)5-14/h1-4H,5,14H2. The van der Waals surface area contributed by atoms with Gasteiger partial charge in [-0.25, -0.2) is 0 Å². The molecule has 1 aromatic heterocycles. The second-order valence-electron chi connectivity index (χ2n) is 3.34. The lowest BCUT2D eigenvalue weighted by Crippen LogP contribution is -2.06. The second-order valence-corrected chi connectivity index (χ2v) is 4.05. The van der Waals surface area contributed by atoms with Gasteiger partial charge < -0.3 is 10.5 Å². The fourth-order valence-electron chi connectivity index (χ4n) is 1.20. The molecule has 2 N–H and O–H groups in total. The number of rotatable bonds is 3. The van der Waals surface area contributed by atoms with E-state index in [1.165, 1.54) is 0 Å². The molecule has 0 aliphatic heterocycles. The van der Waals surface area contributed by atoms with Crippen LogP contribution in [0.2, 0.25) is 0 Å². The quantitative estimate of drug-likeness (QED) is 0.935. The van der Waals surface area contributed by atoms with Gasteiger partial charge in [0.05, 0.1) is 0 Å². The van der Waals surface area contributed by atoms with Crippen molar-refractivity contribution >= 4 is 11.5 Å². The minimum Gasteiger partial charge on any atom is -0.430 e. The summed E-state index contributed by atoms with van der Waals surface area (Å²) < 4.78 is 45.2. The summed E-state index contributed by atoms with van der Waals surface area (Å²) in [6.07, 6.45) is -4.56. The van der Waals surface area contributed by atoms with Gasteiger partial charge in [0.25, 0.3) is 11.0 Å². The Labute approximate surface area is 104 Å². The molecule has 0 radical (unpaired) electrons. The molecule has 0 saturated heterocycles. The molecule has 8 heteroatoms. The van der Waals surface area contributed by atoms with Crippen LogP contribution in [0.1, 0.15) is 11.4 Å². The van der Waals surface area contributed by atoms with E-state index >= 15 is 0 Å². The van der Waals surface area contributed by atoms with E-state index in [0.717, 1.165) is 5.56 Å². The Kier molecular flexibility index (Phi) is 3.48. The van der Waals surface area contributed by atoms with Crippen LogP contribution >= 0.6 is 11.5 Å². The van der Waals surface area contributed by atoms with Gasteiger partial charge in [0.15, 0.2) is 0 Å². The Balaban J connectivity index is 2.16. The number of alkyl halides is 3. The van der Waals surface area contributed by atoms with Gasteiger partial charge in [-0.15, -0.1) is 0 Å². The van der Waals surface area contributed by atoms with E-state index < -0.39 is 12.0 Å². The predicted octanol–water partition coefficient (Wildman–Crippen LogP) is 2.81. The summed E-state index contributed by atoms with van der Waals surface area (Å²) in [5.74, 6) is -0.819. The molecule has 96 valence electrons. The number of aromatic nitrogens is 2. The highest BCUT2D eigenvalue weighted by Crippen LogP contribution is 2.31. The van der Waals surface area contributed by atoms with Crippen molar-refractivity contribution in [3.05, 3.63) is 35.7 Å². The highest BCUT2D eigenvalue weighted by atomic mass is 32.1. The molecule has 0 aliphatic carbocycles. The molecule has 0 atom stereocenters. The number of nitrogens with two attached hydrogens (primary N) is 1. The van der Waals surface area contributed by atoms with Gasteiger partial charge >= 0.3 is 6.18 Å². The fourth-order valence-corrected chi connectivity index (χ4v) is 1.77. The van der Waals surface area contributed by atoms with E-state index in [1.807, 2.05) is 0 Å². The molecular weight excluding hydrogens is 267 g/mol. The van der Waals surface area contributed by atoms with Crippen LogP contribution in [0.3, 0.4) is 0 Å². The van der Waals surface area contributed by atoms with Crippen LogP contribution in [-0.4, -0.2) is 9.36 Å². The highest BCUT2D eigenvalue weighted by Gasteiger charge is 2.36. The van der Waals surface area contributed by atoms with E-state index in [1.54, 1.807) is 24.3 Å². The van der Waals surface area contributed by atoms with Crippen molar-refractivity contribution in [3.63, 3.8) is 0 Å². The van der Waals surface area contributed by atoms with E-state index in [-0.39, 0.29) is 5.19 Å². The van der Waals surface area contributed by atoms with Crippen molar-refractivity contribution in [2.75, 3.05) is 0 Å². The molecule has 0 amide bonds. The molecule has 0 spiro atoms. The van der Waals surface area contributed by atoms with Crippen molar-refractivity contribution in [2.45, 2.75) is 12.7 Å². The highest BCUT2D eigenvalue weighted by molar-refractivity contribution is 7.07. The van der Waals surface area contributed by atoms with E-state index in [4.69, 9.17) is 10.5 Å². The van der Waals surface area contributed by atoms with Crippen LogP contribution in [-0.2, 0) is 12.7 Å². The summed E-state index contributed by atoms with van der Waals surface area (Å²) in [7, 11) is 0. The lowest BCUT2D eigenvalue weighted by molar-refractivity contribution is -0.144. The van der Waals surface area contributed by atoms with Crippen molar-refractivity contribution in [2.24, 2.45) is 5.73 Å². The van der Waals surface area contributed by atoms with Crippen molar-refractivity contribution < 1.29 is 17.9 Å². The number of benzene rings is 1. The van der Waals surface area contributed by atoms with Gasteiger partial charge in [-0.05, 0) is 17.7 Å². The molecule has 0 aliphatic rings. The molecule has 0 saturated carbocycles. The predicted molar refractivity (Wildman–Crippen MR) is 59.3 cm³/mol. The Morgan fingerprint density at radius 3 is 2.72 bits per heavy atom. The van der Waals surface area contributed by atoms with Gasteiger partial charge in [0, 0.05) is 18.1 Å². The van der Waals surface area contributed by atoms with Crippen LogP contribution in [0.5, 0.6) is 10.9 Å². The zero-order valence-electron chi connectivity index (χ0n) is 8.94. The summed E-state index contributed by atoms with van der Waals surface area (Å²) in [5, 5.41) is -0.156. The van der Waals surface area contributed by atoms with Crippen LogP contribution in [0.25, 0.3) is 0 Å². The Morgan fingerprint density at radius 2 is 2.11 bits per heavy atom. The maximum Gasteiger partial charge on any atom is 0.452 e. The summed E-state index contributed by atoms with van der Waals surface area (Å²) >= 11 is 0.550. The topological polar surface area (TPSA) is 61.0 Å². The maximum absolute atomic E-state index is 12.3. The molecule has 18 heavy (non-hydrogen) atoms. The number of hydrogen-bond acceptors (Lipinski definition) is 5. The smallest absolute Gasteiger partial charge is 0.430 e. The first-order valence-electron chi connectivity index (χ1n) is 4.87. The lowest BCUT2D eigenvalue weighted by atomic mass is 10.2. The van der Waals surface area contributed by atoms with E-state index in [0.29, 0.717) is 23.8 Å². The Morgan fingerprint density at radius 1 is 1.33 bits per heavy atom. The first kappa shape index (κ1) is 12.8. The van der Waals surface area contributed by atoms with Gasteiger partial charge in [-0.1, -0.05) is 12.1 Å². The van der Waals surface area contributed by atoms with E-state index in [9.17, 15) is 13.2 Å². The molecular formula is C10H8F3N3OS. The Hall–Kier alpha value is -1.67. The second kappa shape index (κ2) is 4.91. The molecule has 1 aromatic carbocycles. The summed E-state index contributed by atoms with van der Waals surface area (Å²) in [6, 6.07) is 6.72. The number of hydrogen-bond donors (Lipinski definition) is 1. The average molecular weight is 275 g/mol. The Bertz CT molecular complexity index is 541. The van der Waals surface area contributed by atoms with Gasteiger partial charge in [-0.3, -0.25) is 0 Å². The molecule has 0 bridgehead atoms. The van der Waals surface area contributed by atoms with Crippen molar-refractivity contribution in [3.8, 4) is 10.9 Å². The SMILES string of the molecule is NCc1cccc(Oc2nc(C(F)(F)F)ns2)c1. The molecule has 4 nitrogen and oxygen atoms in total. The number of ether oxygens (including phenoxy) is 1. The monoisotopic (exact) mass is 275 g/mol. The summed E-state index contributed by atoms with van der Waals surface area (Å²) in [5.41, 5.74) is 6.26. The fraction of sp³-hybridized carbons (Fsp3) is 0.200.